The highest BCUT2D eigenvalue weighted by molar-refractivity contribution is 7.18. The second-order valence-corrected chi connectivity index (χ2v) is 5.42. The molecule has 1 aromatic carbocycles. The van der Waals surface area contributed by atoms with Crippen LogP contribution in [0.2, 0.25) is 0 Å². The Hall–Kier alpha value is -2.01. The van der Waals surface area contributed by atoms with Gasteiger partial charge in [0.05, 0.1) is 20.9 Å². The van der Waals surface area contributed by atoms with Crippen LogP contribution in [-0.2, 0) is 12.8 Å². The van der Waals surface area contributed by atoms with Crippen LogP contribution < -0.4 is 5.73 Å². The van der Waals surface area contributed by atoms with E-state index in [9.17, 15) is 0 Å². The lowest BCUT2D eigenvalue weighted by molar-refractivity contribution is 0.901. The Bertz CT molecular complexity index is 687. The van der Waals surface area contributed by atoms with E-state index in [1.165, 1.54) is 4.70 Å². The highest BCUT2D eigenvalue weighted by atomic mass is 32.1. The van der Waals surface area contributed by atoms with Crippen molar-refractivity contribution < 1.29 is 0 Å². The first-order valence-corrected chi connectivity index (χ1v) is 7.03. The standard InChI is InChI=1S/C14H14N4S/c1-2-13-16-9(7-12(15)18-13)8-14-17-10-5-3-4-6-11(10)19-14/h3-7H,2,8H2,1H3,(H2,15,16,18). The van der Waals surface area contributed by atoms with Crippen molar-refractivity contribution in [2.24, 2.45) is 0 Å². The summed E-state index contributed by atoms with van der Waals surface area (Å²) in [6, 6.07) is 9.97. The van der Waals surface area contributed by atoms with Gasteiger partial charge >= 0.3 is 0 Å². The lowest BCUT2D eigenvalue weighted by Gasteiger charge is -2.02. The van der Waals surface area contributed by atoms with Gasteiger partial charge in [-0.3, -0.25) is 0 Å². The van der Waals surface area contributed by atoms with Gasteiger partial charge < -0.3 is 5.73 Å². The van der Waals surface area contributed by atoms with E-state index in [0.29, 0.717) is 12.2 Å². The lowest BCUT2D eigenvalue weighted by Crippen LogP contribution is -2.02. The molecular weight excluding hydrogens is 256 g/mol. The quantitative estimate of drug-likeness (QED) is 0.794. The lowest BCUT2D eigenvalue weighted by atomic mass is 10.3. The van der Waals surface area contributed by atoms with Crippen LogP contribution >= 0.6 is 11.3 Å². The predicted molar refractivity (Wildman–Crippen MR) is 78.2 cm³/mol. The van der Waals surface area contributed by atoms with Crippen molar-refractivity contribution in [1.29, 1.82) is 0 Å². The molecule has 3 aromatic rings. The molecule has 0 aliphatic rings. The molecule has 0 aliphatic carbocycles. The van der Waals surface area contributed by atoms with Crippen molar-refractivity contribution in [2.45, 2.75) is 19.8 Å². The second kappa shape index (κ2) is 4.93. The second-order valence-electron chi connectivity index (χ2n) is 4.31. The number of nitrogen functional groups attached to an aromatic ring is 1. The van der Waals surface area contributed by atoms with Crippen LogP contribution in [0.15, 0.2) is 30.3 Å². The van der Waals surface area contributed by atoms with Gasteiger partial charge in [-0.2, -0.15) is 0 Å². The molecule has 0 amide bonds. The number of thiazole rings is 1. The largest absolute Gasteiger partial charge is 0.384 e. The smallest absolute Gasteiger partial charge is 0.130 e. The molecule has 0 unspecified atom stereocenters. The molecule has 0 fully saturated rings. The molecule has 0 aliphatic heterocycles. The minimum absolute atomic E-state index is 0.531. The van der Waals surface area contributed by atoms with Crippen LogP contribution in [0, 0.1) is 0 Å². The fourth-order valence-electron chi connectivity index (χ4n) is 1.97. The van der Waals surface area contributed by atoms with E-state index in [1.54, 1.807) is 11.3 Å². The van der Waals surface area contributed by atoms with Crippen LogP contribution in [-0.4, -0.2) is 15.0 Å². The number of benzene rings is 1. The number of anilines is 1. The molecule has 0 saturated heterocycles. The Kier molecular flexibility index (Phi) is 3.13. The first-order valence-electron chi connectivity index (χ1n) is 6.21. The molecule has 0 atom stereocenters. The first kappa shape index (κ1) is 12.0. The van der Waals surface area contributed by atoms with Crippen molar-refractivity contribution in [3.05, 3.63) is 46.9 Å². The minimum atomic E-state index is 0.531. The third-order valence-electron chi connectivity index (χ3n) is 2.83. The van der Waals surface area contributed by atoms with Crippen molar-refractivity contribution in [3.63, 3.8) is 0 Å². The van der Waals surface area contributed by atoms with Crippen LogP contribution in [0.25, 0.3) is 10.2 Å². The average molecular weight is 270 g/mol. The van der Waals surface area contributed by atoms with Crippen LogP contribution in [0.5, 0.6) is 0 Å². The number of nitrogens with zero attached hydrogens (tertiary/aromatic N) is 3. The summed E-state index contributed by atoms with van der Waals surface area (Å²) < 4.78 is 1.20. The molecule has 2 N–H and O–H groups in total. The molecule has 0 spiro atoms. The monoisotopic (exact) mass is 270 g/mol. The Morgan fingerprint density at radius 3 is 2.79 bits per heavy atom. The van der Waals surface area contributed by atoms with Gasteiger partial charge in [-0.15, -0.1) is 11.3 Å². The Morgan fingerprint density at radius 2 is 2.00 bits per heavy atom. The van der Waals surface area contributed by atoms with Gasteiger partial charge in [0.15, 0.2) is 0 Å². The molecule has 2 aromatic heterocycles. The maximum Gasteiger partial charge on any atom is 0.130 e. The number of para-hydroxylation sites is 1. The number of fused-ring (bicyclic) bond motifs is 1. The molecule has 19 heavy (non-hydrogen) atoms. The highest BCUT2D eigenvalue weighted by Gasteiger charge is 2.07. The van der Waals surface area contributed by atoms with E-state index < -0.39 is 0 Å². The summed E-state index contributed by atoms with van der Waals surface area (Å²) in [5.74, 6) is 1.32. The van der Waals surface area contributed by atoms with E-state index in [4.69, 9.17) is 5.73 Å². The van der Waals surface area contributed by atoms with Crippen molar-refractivity contribution in [1.82, 2.24) is 15.0 Å². The van der Waals surface area contributed by atoms with Gasteiger partial charge in [0.2, 0.25) is 0 Å². The summed E-state index contributed by atoms with van der Waals surface area (Å²) in [5.41, 5.74) is 7.77. The summed E-state index contributed by atoms with van der Waals surface area (Å²) in [4.78, 5) is 13.3. The topological polar surface area (TPSA) is 64.7 Å². The first-order chi connectivity index (χ1) is 9.24. The maximum absolute atomic E-state index is 5.80. The van der Waals surface area contributed by atoms with E-state index in [1.807, 2.05) is 31.2 Å². The number of hydrogen-bond acceptors (Lipinski definition) is 5. The normalized spacial score (nSPS) is 11.0. The van der Waals surface area contributed by atoms with Gasteiger partial charge in [-0.1, -0.05) is 19.1 Å². The van der Waals surface area contributed by atoms with Crippen LogP contribution in [0.1, 0.15) is 23.4 Å². The number of aryl methyl sites for hydroxylation is 1. The molecule has 4 nitrogen and oxygen atoms in total. The Morgan fingerprint density at radius 1 is 1.16 bits per heavy atom. The molecule has 5 heteroatoms. The van der Waals surface area contributed by atoms with Crippen molar-refractivity contribution in [2.75, 3.05) is 5.73 Å². The van der Waals surface area contributed by atoms with Gasteiger partial charge in [-0.25, -0.2) is 15.0 Å². The Labute approximate surface area is 115 Å². The van der Waals surface area contributed by atoms with Crippen molar-refractivity contribution in [3.8, 4) is 0 Å². The summed E-state index contributed by atoms with van der Waals surface area (Å²) in [6.07, 6.45) is 1.50. The van der Waals surface area contributed by atoms with Crippen LogP contribution in [0.4, 0.5) is 5.82 Å². The predicted octanol–water partition coefficient (Wildman–Crippen LogP) is 2.82. The average Bonchev–Trinajstić information content (AvgIpc) is 2.80. The third-order valence-corrected chi connectivity index (χ3v) is 3.87. The molecule has 3 rings (SSSR count). The summed E-state index contributed by atoms with van der Waals surface area (Å²) in [6.45, 7) is 2.02. The number of rotatable bonds is 3. The third kappa shape index (κ3) is 2.56. The Balaban J connectivity index is 1.94. The highest BCUT2D eigenvalue weighted by Crippen LogP contribution is 2.23. The fourth-order valence-corrected chi connectivity index (χ4v) is 2.96. The maximum atomic E-state index is 5.80. The summed E-state index contributed by atoms with van der Waals surface area (Å²) >= 11 is 1.70. The number of aromatic nitrogens is 3. The molecule has 2 heterocycles. The van der Waals surface area contributed by atoms with E-state index in [2.05, 4.69) is 21.0 Å². The number of nitrogens with two attached hydrogens (primary N) is 1. The molecule has 0 saturated carbocycles. The fraction of sp³-hybridized carbons (Fsp3) is 0.214. The molecule has 0 bridgehead atoms. The SMILES string of the molecule is CCc1nc(N)cc(Cc2nc3ccccc3s2)n1. The molecular formula is C14H14N4S. The van der Waals surface area contributed by atoms with E-state index >= 15 is 0 Å². The van der Waals surface area contributed by atoms with Crippen molar-refractivity contribution >= 4 is 27.4 Å². The minimum Gasteiger partial charge on any atom is -0.384 e. The summed E-state index contributed by atoms with van der Waals surface area (Å²) in [5, 5.41) is 1.06. The zero-order valence-electron chi connectivity index (χ0n) is 10.6. The zero-order valence-corrected chi connectivity index (χ0v) is 11.4. The van der Waals surface area contributed by atoms with Gasteiger partial charge in [0, 0.05) is 18.9 Å². The van der Waals surface area contributed by atoms with Gasteiger partial charge in [-0.05, 0) is 12.1 Å². The van der Waals surface area contributed by atoms with E-state index in [0.717, 1.165) is 28.5 Å². The summed E-state index contributed by atoms with van der Waals surface area (Å²) in [7, 11) is 0. The number of hydrogen-bond donors (Lipinski definition) is 1. The zero-order chi connectivity index (χ0) is 13.2. The molecule has 0 radical (unpaired) electrons. The molecule has 96 valence electrons. The van der Waals surface area contributed by atoms with E-state index in [-0.39, 0.29) is 0 Å². The van der Waals surface area contributed by atoms with Crippen LogP contribution in [0.3, 0.4) is 0 Å². The van der Waals surface area contributed by atoms with Gasteiger partial charge in [0.25, 0.3) is 0 Å². The van der Waals surface area contributed by atoms with Gasteiger partial charge in [0.1, 0.15) is 11.6 Å².